The summed E-state index contributed by atoms with van der Waals surface area (Å²) in [6.45, 7) is 3.60. The Kier molecular flexibility index (Phi) is 5.74. The Morgan fingerprint density at radius 3 is 2.89 bits per heavy atom. The maximum atomic E-state index is 12.4. The molecule has 2 aromatic rings. The number of nitrogens with zero attached hydrogens (tertiary/aromatic N) is 4. The second-order valence-electron chi connectivity index (χ2n) is 7.14. The average molecular weight is 371 g/mol. The van der Waals surface area contributed by atoms with Crippen LogP contribution in [-0.4, -0.2) is 45.6 Å². The van der Waals surface area contributed by atoms with Crippen LogP contribution in [0.15, 0.2) is 28.9 Å². The highest BCUT2D eigenvalue weighted by Gasteiger charge is 2.27. The second kappa shape index (κ2) is 8.58. The number of ether oxygens (including phenoxy) is 1. The highest BCUT2D eigenvalue weighted by atomic mass is 16.5. The molecule has 4 rings (SSSR count). The number of carbonyl (C=O) groups excluding carboxylic acids is 1. The van der Waals surface area contributed by atoms with E-state index in [1.807, 2.05) is 18.2 Å². The minimum absolute atomic E-state index is 0.0419. The van der Waals surface area contributed by atoms with E-state index in [0.29, 0.717) is 24.8 Å². The lowest BCUT2D eigenvalue weighted by Gasteiger charge is -2.30. The summed E-state index contributed by atoms with van der Waals surface area (Å²) in [4.78, 5) is 23.3. The first-order valence-corrected chi connectivity index (χ1v) is 9.62. The molecule has 1 atom stereocenters. The molecule has 2 aliphatic heterocycles. The zero-order valence-electron chi connectivity index (χ0n) is 15.3. The van der Waals surface area contributed by atoms with Crippen LogP contribution in [0.3, 0.4) is 0 Å². The smallest absolute Gasteiger partial charge is 0.255 e. The summed E-state index contributed by atoms with van der Waals surface area (Å²) in [6.07, 6.45) is 5.36. The summed E-state index contributed by atoms with van der Waals surface area (Å²) in [5, 5.41) is 7.07. The lowest BCUT2D eigenvalue weighted by molar-refractivity contribution is -0.126. The van der Waals surface area contributed by atoms with Gasteiger partial charge in [-0.15, -0.1) is 0 Å². The summed E-state index contributed by atoms with van der Waals surface area (Å²) < 4.78 is 10.9. The number of piperidine rings is 1. The zero-order valence-corrected chi connectivity index (χ0v) is 15.3. The molecule has 144 valence electrons. The van der Waals surface area contributed by atoms with Gasteiger partial charge in [-0.2, -0.15) is 4.98 Å². The second-order valence-corrected chi connectivity index (χ2v) is 7.14. The van der Waals surface area contributed by atoms with Gasteiger partial charge in [-0.25, -0.2) is 0 Å². The summed E-state index contributed by atoms with van der Waals surface area (Å²) in [5.41, 5.74) is 0.877. The predicted octanol–water partition coefficient (Wildman–Crippen LogP) is 1.84. The number of rotatable bonds is 6. The third kappa shape index (κ3) is 4.70. The van der Waals surface area contributed by atoms with E-state index >= 15 is 0 Å². The zero-order chi connectivity index (χ0) is 18.5. The predicted molar refractivity (Wildman–Crippen MR) is 96.3 cm³/mol. The van der Waals surface area contributed by atoms with Gasteiger partial charge in [0.05, 0.1) is 18.8 Å². The largest absolute Gasteiger partial charge is 0.368 e. The molecular weight excluding hydrogens is 346 g/mol. The first-order valence-electron chi connectivity index (χ1n) is 9.62. The Morgan fingerprint density at radius 1 is 1.26 bits per heavy atom. The molecule has 0 unspecified atom stereocenters. The van der Waals surface area contributed by atoms with Gasteiger partial charge in [0.1, 0.15) is 6.10 Å². The van der Waals surface area contributed by atoms with Crippen LogP contribution < -0.4 is 5.32 Å². The first-order chi connectivity index (χ1) is 13.3. The van der Waals surface area contributed by atoms with Crippen molar-refractivity contribution in [3.05, 3.63) is 41.8 Å². The van der Waals surface area contributed by atoms with Crippen molar-refractivity contribution < 1.29 is 14.1 Å². The molecule has 4 heterocycles. The van der Waals surface area contributed by atoms with Gasteiger partial charge in [0.15, 0.2) is 5.82 Å². The molecule has 2 aromatic heterocycles. The summed E-state index contributed by atoms with van der Waals surface area (Å²) >= 11 is 0. The van der Waals surface area contributed by atoms with Crippen molar-refractivity contribution in [2.75, 3.05) is 19.7 Å². The molecule has 2 fully saturated rings. The van der Waals surface area contributed by atoms with Crippen LogP contribution in [0.25, 0.3) is 0 Å². The van der Waals surface area contributed by atoms with E-state index in [4.69, 9.17) is 9.26 Å². The molecule has 8 heteroatoms. The first kappa shape index (κ1) is 18.1. The van der Waals surface area contributed by atoms with Crippen LogP contribution in [0.4, 0.5) is 0 Å². The Morgan fingerprint density at radius 2 is 2.15 bits per heavy atom. The maximum Gasteiger partial charge on any atom is 0.255 e. The van der Waals surface area contributed by atoms with Gasteiger partial charge in [-0.05, 0) is 50.9 Å². The molecule has 0 spiro atoms. The van der Waals surface area contributed by atoms with Gasteiger partial charge in [0.25, 0.3) is 5.89 Å². The van der Waals surface area contributed by atoms with Crippen molar-refractivity contribution in [2.24, 2.45) is 5.92 Å². The molecule has 1 N–H and O–H groups in total. The molecule has 8 nitrogen and oxygen atoms in total. The minimum Gasteiger partial charge on any atom is -0.368 e. The van der Waals surface area contributed by atoms with Gasteiger partial charge in [0.2, 0.25) is 5.91 Å². The molecule has 0 bridgehead atoms. The highest BCUT2D eigenvalue weighted by molar-refractivity contribution is 5.78. The van der Waals surface area contributed by atoms with Crippen molar-refractivity contribution >= 4 is 5.91 Å². The van der Waals surface area contributed by atoms with Crippen LogP contribution in [0, 0.1) is 5.92 Å². The standard InChI is InChI=1S/C19H25N5O3/c25-18(21-12-15-4-1-2-8-20-15)14-6-9-24(10-7-14)13-17-22-19(27-23-17)16-5-3-11-26-16/h1-2,4,8,14,16H,3,5-7,9-13H2,(H,21,25)/t16-/m1/s1. The van der Waals surface area contributed by atoms with E-state index in [1.54, 1.807) is 6.20 Å². The van der Waals surface area contributed by atoms with Gasteiger partial charge >= 0.3 is 0 Å². The van der Waals surface area contributed by atoms with Gasteiger partial charge in [-0.3, -0.25) is 14.7 Å². The van der Waals surface area contributed by atoms with E-state index in [9.17, 15) is 4.79 Å². The van der Waals surface area contributed by atoms with Crippen LogP contribution in [0.1, 0.15) is 49.2 Å². The van der Waals surface area contributed by atoms with Crippen molar-refractivity contribution in [2.45, 2.75) is 44.9 Å². The summed E-state index contributed by atoms with van der Waals surface area (Å²) in [5.74, 6) is 1.45. The molecule has 1 amide bonds. The fourth-order valence-corrected chi connectivity index (χ4v) is 3.61. The minimum atomic E-state index is -0.0419. The molecule has 2 saturated heterocycles. The highest BCUT2D eigenvalue weighted by Crippen LogP contribution is 2.27. The van der Waals surface area contributed by atoms with Crippen molar-refractivity contribution in [1.29, 1.82) is 0 Å². The molecule has 27 heavy (non-hydrogen) atoms. The average Bonchev–Trinajstić information content (AvgIpc) is 3.39. The van der Waals surface area contributed by atoms with E-state index in [1.165, 1.54) is 0 Å². The van der Waals surface area contributed by atoms with Gasteiger partial charge < -0.3 is 14.6 Å². The number of pyridine rings is 1. The van der Waals surface area contributed by atoms with Crippen molar-refractivity contribution in [1.82, 2.24) is 25.3 Å². The van der Waals surface area contributed by atoms with Crippen LogP contribution in [0.5, 0.6) is 0 Å². The lowest BCUT2D eigenvalue weighted by atomic mass is 9.96. The third-order valence-electron chi connectivity index (χ3n) is 5.18. The molecule has 0 aliphatic carbocycles. The monoisotopic (exact) mass is 371 g/mol. The number of carbonyl (C=O) groups is 1. The third-order valence-corrected chi connectivity index (χ3v) is 5.18. The van der Waals surface area contributed by atoms with E-state index in [-0.39, 0.29) is 17.9 Å². The molecule has 0 saturated carbocycles. The lowest BCUT2D eigenvalue weighted by Crippen LogP contribution is -2.40. The normalized spacial score (nSPS) is 21.4. The number of likely N-dealkylation sites (tertiary alicyclic amines) is 1. The van der Waals surface area contributed by atoms with Crippen LogP contribution >= 0.6 is 0 Å². The fourth-order valence-electron chi connectivity index (χ4n) is 3.61. The topological polar surface area (TPSA) is 93.4 Å². The Balaban J connectivity index is 1.21. The molecule has 0 radical (unpaired) electrons. The number of hydrogen-bond acceptors (Lipinski definition) is 7. The van der Waals surface area contributed by atoms with Crippen LogP contribution in [-0.2, 0) is 22.6 Å². The summed E-state index contributed by atoms with van der Waals surface area (Å²) in [7, 11) is 0. The fraction of sp³-hybridized carbons (Fsp3) is 0.579. The van der Waals surface area contributed by atoms with Crippen molar-refractivity contribution in [3.63, 3.8) is 0 Å². The maximum absolute atomic E-state index is 12.4. The van der Waals surface area contributed by atoms with E-state index in [2.05, 4.69) is 25.3 Å². The van der Waals surface area contributed by atoms with Crippen molar-refractivity contribution in [3.8, 4) is 0 Å². The number of amides is 1. The summed E-state index contributed by atoms with van der Waals surface area (Å²) in [6, 6.07) is 5.71. The number of hydrogen-bond donors (Lipinski definition) is 1. The Labute approximate surface area is 158 Å². The SMILES string of the molecule is O=C(NCc1ccccn1)C1CCN(Cc2noc([C@H]3CCCO3)n2)CC1. The number of aromatic nitrogens is 3. The van der Waals surface area contributed by atoms with Crippen LogP contribution in [0.2, 0.25) is 0 Å². The quantitative estimate of drug-likeness (QED) is 0.828. The number of nitrogens with one attached hydrogen (secondary N) is 1. The van der Waals surface area contributed by atoms with Gasteiger partial charge in [-0.1, -0.05) is 11.2 Å². The van der Waals surface area contributed by atoms with E-state index < -0.39 is 0 Å². The van der Waals surface area contributed by atoms with Gasteiger partial charge in [0, 0.05) is 18.7 Å². The molecule has 2 aliphatic rings. The Bertz CT molecular complexity index is 737. The molecule has 0 aromatic carbocycles. The van der Waals surface area contributed by atoms with E-state index in [0.717, 1.165) is 51.1 Å². The Hall–Kier alpha value is -2.32. The molecular formula is C19H25N5O3.